The topological polar surface area (TPSA) is 178 Å². The molecule has 2 aromatic carbocycles. The number of aromatic hydroxyl groups is 4. The van der Waals surface area contributed by atoms with Crippen LogP contribution in [-0.4, -0.2) is 45.5 Å². The van der Waals surface area contributed by atoms with E-state index in [1.165, 1.54) is 28.8 Å². The monoisotopic (exact) mass is 572 g/mol. The fourth-order valence-corrected chi connectivity index (χ4v) is 6.12. The number of rotatable bonds is 7. The van der Waals surface area contributed by atoms with Gasteiger partial charge in [0, 0.05) is 40.1 Å². The first-order valence-corrected chi connectivity index (χ1v) is 13.4. The highest BCUT2D eigenvalue weighted by Crippen LogP contribution is 2.41. The first-order valence-electron chi connectivity index (χ1n) is 13.4. The van der Waals surface area contributed by atoms with Gasteiger partial charge < -0.3 is 25.2 Å². The zero-order valence-electron chi connectivity index (χ0n) is 22.5. The van der Waals surface area contributed by atoms with E-state index in [4.69, 9.17) is 4.74 Å². The quantitative estimate of drug-likeness (QED) is 0.208. The molecule has 42 heavy (non-hydrogen) atoms. The molecule has 0 amide bonds. The van der Waals surface area contributed by atoms with Crippen molar-refractivity contribution in [2.75, 3.05) is 6.61 Å². The highest BCUT2D eigenvalue weighted by atomic mass is 16.5. The van der Waals surface area contributed by atoms with Gasteiger partial charge >= 0.3 is 0 Å². The number of unbranched alkanes of at least 4 members (excludes halogenated alkanes) is 1. The molecule has 4 N–H and O–H groups in total. The van der Waals surface area contributed by atoms with Crippen molar-refractivity contribution >= 4 is 43.1 Å². The lowest BCUT2D eigenvalue weighted by molar-refractivity contribution is 0.0775. The van der Waals surface area contributed by atoms with E-state index in [2.05, 4.69) is 0 Å². The number of benzene rings is 2. The van der Waals surface area contributed by atoms with Gasteiger partial charge in [-0.05, 0) is 37.6 Å². The predicted molar refractivity (Wildman–Crippen MR) is 153 cm³/mol. The normalized spacial score (nSPS) is 12.4. The molecule has 0 radical (unpaired) electrons. The van der Waals surface area contributed by atoms with Crippen molar-refractivity contribution in [2.45, 2.75) is 40.0 Å². The maximum atomic E-state index is 13.8. The molecular formula is C29H24N4O9. The van der Waals surface area contributed by atoms with Crippen LogP contribution in [0.4, 0.5) is 0 Å². The molecule has 1 aliphatic carbocycles. The van der Waals surface area contributed by atoms with E-state index in [9.17, 15) is 39.6 Å². The largest absolute Gasteiger partial charge is 0.494 e. The lowest BCUT2D eigenvalue weighted by atomic mass is 9.96. The van der Waals surface area contributed by atoms with Gasteiger partial charge in [0.25, 0.3) is 22.2 Å². The van der Waals surface area contributed by atoms with Crippen LogP contribution >= 0.6 is 0 Å². The minimum atomic E-state index is -0.979. The minimum Gasteiger partial charge on any atom is -0.494 e. The second kappa shape index (κ2) is 8.60. The molecule has 0 fully saturated rings. The van der Waals surface area contributed by atoms with E-state index in [0.29, 0.717) is 27.7 Å². The number of hydrogen-bond acceptors (Lipinski definition) is 9. The highest BCUT2D eigenvalue weighted by Gasteiger charge is 2.31. The van der Waals surface area contributed by atoms with E-state index in [1.54, 1.807) is 6.92 Å². The SMILES string of the molecule is CCCCn1c(O)c2ccc3c(=O)n(-n4c(=O)c5c6c(O)n(COCC)c(O)c6c=5c4=O)c(O)c4ccc(c1=O)c2c43. The van der Waals surface area contributed by atoms with Crippen molar-refractivity contribution in [3.8, 4) is 23.5 Å². The fraction of sp³-hybridized carbons (Fsp3) is 0.241. The summed E-state index contributed by atoms with van der Waals surface area (Å²) in [5.41, 5.74) is -3.33. The Morgan fingerprint density at radius 2 is 1.12 bits per heavy atom. The molecule has 0 unspecified atom stereocenters. The van der Waals surface area contributed by atoms with E-state index < -0.39 is 39.9 Å². The number of ether oxygens (including phenoxy) is 1. The third kappa shape index (κ3) is 2.89. The van der Waals surface area contributed by atoms with Gasteiger partial charge in [0.2, 0.25) is 23.5 Å². The average molecular weight is 573 g/mol. The summed E-state index contributed by atoms with van der Waals surface area (Å²) in [5, 5.41) is 44.2. The lowest BCUT2D eigenvalue weighted by Crippen LogP contribution is -2.39. The Kier molecular flexibility index (Phi) is 5.25. The first kappa shape index (κ1) is 25.7. The number of hydrogen-bond donors (Lipinski definition) is 4. The summed E-state index contributed by atoms with van der Waals surface area (Å²) in [7, 11) is 0. The molecule has 1 aliphatic heterocycles. The van der Waals surface area contributed by atoms with Gasteiger partial charge in [0.15, 0.2) is 0 Å². The van der Waals surface area contributed by atoms with Crippen LogP contribution in [0.1, 0.15) is 26.7 Å². The van der Waals surface area contributed by atoms with E-state index in [0.717, 1.165) is 11.0 Å². The summed E-state index contributed by atoms with van der Waals surface area (Å²) in [6, 6.07) is 5.77. The summed E-state index contributed by atoms with van der Waals surface area (Å²) >= 11 is 0. The molecule has 7 rings (SSSR count). The number of fused-ring (bicyclic) bond motifs is 3. The molecule has 0 saturated carbocycles. The summed E-state index contributed by atoms with van der Waals surface area (Å²) < 4.78 is 8.54. The zero-order valence-corrected chi connectivity index (χ0v) is 22.5. The number of pyridine rings is 2. The van der Waals surface area contributed by atoms with Crippen LogP contribution in [0.5, 0.6) is 23.5 Å². The average Bonchev–Trinajstić information content (AvgIpc) is 3.28. The Balaban J connectivity index is 1.55. The standard InChI is InChI=1S/C29H24N4O9/c1-3-5-10-30-22(34)12-6-8-14-17-15(9-7-13(16(12)17)23(30)35)25(37)32(24(14)36)33-28(40)20-18-19(21(20)29(33)41)27(39)31(26(18)38)11-42-4-2/h6-9,34,37-39H,3-5,10-11H2,1-2H3. The first-order chi connectivity index (χ1) is 20.1. The van der Waals surface area contributed by atoms with Crippen molar-refractivity contribution in [2.24, 2.45) is 0 Å². The highest BCUT2D eigenvalue weighted by molar-refractivity contribution is 6.24. The third-order valence-corrected chi connectivity index (χ3v) is 8.13. The van der Waals surface area contributed by atoms with Crippen LogP contribution in [-0.2, 0) is 18.0 Å². The smallest absolute Gasteiger partial charge is 0.282 e. The van der Waals surface area contributed by atoms with Gasteiger partial charge in [-0.2, -0.15) is 9.35 Å². The van der Waals surface area contributed by atoms with Crippen molar-refractivity contribution in [1.29, 1.82) is 0 Å². The van der Waals surface area contributed by atoms with Gasteiger partial charge in [0.05, 0.1) is 26.6 Å². The molecule has 13 heteroatoms. The van der Waals surface area contributed by atoms with Crippen LogP contribution in [0.3, 0.4) is 0 Å². The maximum absolute atomic E-state index is 13.8. The van der Waals surface area contributed by atoms with E-state index in [-0.39, 0.29) is 67.4 Å². The molecule has 0 saturated heterocycles. The molecule has 4 heterocycles. The number of nitrogens with zero attached hydrogens (tertiary/aromatic N) is 4. The van der Waals surface area contributed by atoms with Crippen molar-refractivity contribution in [1.82, 2.24) is 18.5 Å². The predicted octanol–water partition coefficient (Wildman–Crippen LogP) is 1.91. The van der Waals surface area contributed by atoms with Crippen molar-refractivity contribution < 1.29 is 25.2 Å². The van der Waals surface area contributed by atoms with Gasteiger partial charge in [-0.1, -0.05) is 13.3 Å². The molecule has 0 spiro atoms. The molecule has 2 aliphatic rings. The molecule has 0 bridgehead atoms. The van der Waals surface area contributed by atoms with Gasteiger partial charge in [-0.25, -0.2) is 0 Å². The molecule has 214 valence electrons. The molecule has 3 aromatic heterocycles. The second-order valence-corrected chi connectivity index (χ2v) is 10.3. The van der Waals surface area contributed by atoms with Crippen LogP contribution in [0, 0.1) is 10.4 Å². The summed E-state index contributed by atoms with van der Waals surface area (Å²) in [5.74, 6) is -1.96. The second-order valence-electron chi connectivity index (χ2n) is 10.3. The summed E-state index contributed by atoms with van der Waals surface area (Å²) in [6.07, 6.45) is 1.46. The third-order valence-electron chi connectivity index (χ3n) is 8.13. The zero-order chi connectivity index (χ0) is 29.8. The summed E-state index contributed by atoms with van der Waals surface area (Å²) in [6.45, 7) is 4.04. The van der Waals surface area contributed by atoms with Gasteiger partial charge in [-0.15, -0.1) is 0 Å². The lowest BCUT2D eigenvalue weighted by Gasteiger charge is -2.17. The Morgan fingerprint density at radius 1 is 0.595 bits per heavy atom. The van der Waals surface area contributed by atoms with Crippen LogP contribution in [0.15, 0.2) is 43.4 Å². The molecular weight excluding hydrogens is 548 g/mol. The fourth-order valence-electron chi connectivity index (χ4n) is 6.12. The van der Waals surface area contributed by atoms with Gasteiger partial charge in [0.1, 0.15) is 6.73 Å². The molecule has 0 atom stereocenters. The maximum Gasteiger partial charge on any atom is 0.282 e. The Hall–Kier alpha value is -5.30. The van der Waals surface area contributed by atoms with E-state index >= 15 is 0 Å². The van der Waals surface area contributed by atoms with Crippen molar-refractivity contribution in [3.05, 3.63) is 76.1 Å². The minimum absolute atomic E-state index is 0.00642. The van der Waals surface area contributed by atoms with Gasteiger partial charge in [-0.3, -0.25) is 28.3 Å². The van der Waals surface area contributed by atoms with Crippen LogP contribution < -0.4 is 22.2 Å². The Morgan fingerprint density at radius 3 is 1.67 bits per heavy atom. The van der Waals surface area contributed by atoms with E-state index in [1.807, 2.05) is 6.92 Å². The Labute approximate surface area is 233 Å². The molecule has 13 nitrogen and oxygen atoms in total. The van der Waals surface area contributed by atoms with Crippen LogP contribution in [0.2, 0.25) is 0 Å². The molecule has 5 aromatic rings. The van der Waals surface area contributed by atoms with Crippen LogP contribution in [0.25, 0.3) is 43.1 Å². The Bertz CT molecular complexity index is 2450. The number of aromatic nitrogens is 4. The van der Waals surface area contributed by atoms with Crippen molar-refractivity contribution in [3.63, 3.8) is 0 Å². The summed E-state index contributed by atoms with van der Waals surface area (Å²) in [4.78, 5) is 54.2.